The van der Waals surface area contributed by atoms with Crippen molar-refractivity contribution in [2.24, 2.45) is 5.92 Å². The summed E-state index contributed by atoms with van der Waals surface area (Å²) in [6, 6.07) is 3.92. The number of amides is 3. The predicted molar refractivity (Wildman–Crippen MR) is 87.4 cm³/mol. The summed E-state index contributed by atoms with van der Waals surface area (Å²) in [5, 5.41) is 5.50. The van der Waals surface area contributed by atoms with Gasteiger partial charge >= 0.3 is 6.03 Å². The number of methoxy groups -OCH3 is 1. The molecule has 3 amide bonds. The predicted octanol–water partition coefficient (Wildman–Crippen LogP) is 2.36. The van der Waals surface area contributed by atoms with Gasteiger partial charge in [-0.2, -0.15) is 0 Å². The number of benzene rings is 1. The SMILES string of the molecule is COc1ccc(NC(=O)NC2CCN(C(=O)C3CC3)CC2)cc1F. The molecular weight excluding hydrogens is 313 g/mol. The summed E-state index contributed by atoms with van der Waals surface area (Å²) in [5.74, 6) is 0.102. The number of hydrogen-bond acceptors (Lipinski definition) is 3. The number of carbonyl (C=O) groups excluding carboxylic acids is 2. The quantitative estimate of drug-likeness (QED) is 0.887. The van der Waals surface area contributed by atoms with E-state index in [1.165, 1.54) is 19.2 Å². The van der Waals surface area contributed by atoms with E-state index in [-0.39, 0.29) is 29.6 Å². The molecule has 24 heavy (non-hydrogen) atoms. The Labute approximate surface area is 140 Å². The molecule has 1 heterocycles. The monoisotopic (exact) mass is 335 g/mol. The molecule has 0 spiro atoms. The Bertz CT molecular complexity index is 626. The van der Waals surface area contributed by atoms with E-state index in [2.05, 4.69) is 10.6 Å². The van der Waals surface area contributed by atoms with Crippen molar-refractivity contribution in [2.45, 2.75) is 31.7 Å². The second kappa shape index (κ2) is 7.07. The first-order valence-corrected chi connectivity index (χ1v) is 8.26. The second-order valence-corrected chi connectivity index (χ2v) is 6.32. The molecule has 0 unspecified atom stereocenters. The van der Waals surface area contributed by atoms with Crippen molar-refractivity contribution in [2.75, 3.05) is 25.5 Å². The third-order valence-corrected chi connectivity index (χ3v) is 4.48. The van der Waals surface area contributed by atoms with Gasteiger partial charge in [-0.15, -0.1) is 0 Å². The minimum absolute atomic E-state index is 0.0244. The average molecular weight is 335 g/mol. The number of piperidine rings is 1. The van der Waals surface area contributed by atoms with E-state index in [4.69, 9.17) is 4.74 Å². The van der Waals surface area contributed by atoms with Crippen LogP contribution in [0.1, 0.15) is 25.7 Å². The van der Waals surface area contributed by atoms with E-state index >= 15 is 0 Å². The Kier molecular flexibility index (Phi) is 4.87. The largest absolute Gasteiger partial charge is 0.494 e. The molecule has 2 N–H and O–H groups in total. The lowest BCUT2D eigenvalue weighted by Crippen LogP contribution is -2.47. The fourth-order valence-corrected chi connectivity index (χ4v) is 2.93. The summed E-state index contributed by atoms with van der Waals surface area (Å²) >= 11 is 0. The van der Waals surface area contributed by atoms with Gasteiger partial charge in [0.1, 0.15) is 0 Å². The number of rotatable bonds is 4. The van der Waals surface area contributed by atoms with Crippen LogP contribution in [0.3, 0.4) is 0 Å². The van der Waals surface area contributed by atoms with Crippen LogP contribution in [0.2, 0.25) is 0 Å². The first-order chi connectivity index (χ1) is 11.6. The molecule has 7 heteroatoms. The molecule has 3 rings (SSSR count). The Balaban J connectivity index is 1.45. The van der Waals surface area contributed by atoms with Crippen LogP contribution in [0.5, 0.6) is 5.75 Å². The van der Waals surface area contributed by atoms with Gasteiger partial charge in [0, 0.05) is 36.8 Å². The van der Waals surface area contributed by atoms with Crippen LogP contribution in [0.15, 0.2) is 18.2 Å². The zero-order valence-electron chi connectivity index (χ0n) is 13.7. The molecular formula is C17H22FN3O3. The molecule has 130 valence electrons. The minimum Gasteiger partial charge on any atom is -0.494 e. The standard InChI is InChI=1S/C17H22FN3O3/c1-24-15-5-4-13(10-14(15)18)20-17(23)19-12-6-8-21(9-7-12)16(22)11-2-3-11/h4-5,10-12H,2-3,6-9H2,1H3,(H2,19,20,23). The Morgan fingerprint density at radius 2 is 1.92 bits per heavy atom. The second-order valence-electron chi connectivity index (χ2n) is 6.32. The number of nitrogens with one attached hydrogen (secondary N) is 2. The van der Waals surface area contributed by atoms with Crippen LogP contribution in [0.4, 0.5) is 14.9 Å². The molecule has 1 aliphatic heterocycles. The lowest BCUT2D eigenvalue weighted by molar-refractivity contribution is -0.133. The number of likely N-dealkylation sites (tertiary alicyclic amines) is 1. The third kappa shape index (κ3) is 3.96. The molecule has 0 atom stereocenters. The van der Waals surface area contributed by atoms with E-state index < -0.39 is 5.82 Å². The fourth-order valence-electron chi connectivity index (χ4n) is 2.93. The van der Waals surface area contributed by atoms with Crippen molar-refractivity contribution in [3.05, 3.63) is 24.0 Å². The summed E-state index contributed by atoms with van der Waals surface area (Å²) in [7, 11) is 1.39. The zero-order valence-corrected chi connectivity index (χ0v) is 13.7. The summed E-state index contributed by atoms with van der Waals surface area (Å²) in [5.41, 5.74) is 0.368. The third-order valence-electron chi connectivity index (χ3n) is 4.48. The molecule has 0 aromatic heterocycles. The molecule has 6 nitrogen and oxygen atoms in total. The van der Waals surface area contributed by atoms with Crippen LogP contribution in [0.25, 0.3) is 0 Å². The van der Waals surface area contributed by atoms with Gasteiger partial charge in [0.15, 0.2) is 11.6 Å². The number of ether oxygens (including phenoxy) is 1. The molecule has 1 aromatic carbocycles. The molecule has 2 fully saturated rings. The molecule has 1 aromatic rings. The summed E-state index contributed by atoms with van der Waals surface area (Å²) in [6.45, 7) is 1.36. The van der Waals surface area contributed by atoms with Gasteiger partial charge in [-0.3, -0.25) is 4.79 Å². The highest BCUT2D eigenvalue weighted by atomic mass is 19.1. The van der Waals surface area contributed by atoms with Gasteiger partial charge in [0.05, 0.1) is 7.11 Å². The van der Waals surface area contributed by atoms with Gasteiger partial charge in [0.25, 0.3) is 0 Å². The van der Waals surface area contributed by atoms with Crippen molar-refractivity contribution < 1.29 is 18.7 Å². The van der Waals surface area contributed by atoms with Gasteiger partial charge < -0.3 is 20.3 Å². The first kappa shape index (κ1) is 16.5. The van der Waals surface area contributed by atoms with Crippen molar-refractivity contribution in [3.8, 4) is 5.75 Å². The zero-order chi connectivity index (χ0) is 17.1. The van der Waals surface area contributed by atoms with E-state index in [9.17, 15) is 14.0 Å². The number of hydrogen-bond donors (Lipinski definition) is 2. The highest BCUT2D eigenvalue weighted by Crippen LogP contribution is 2.31. The van der Waals surface area contributed by atoms with Crippen LogP contribution in [-0.4, -0.2) is 43.1 Å². The van der Waals surface area contributed by atoms with Gasteiger partial charge in [-0.25, -0.2) is 9.18 Å². The highest BCUT2D eigenvalue weighted by Gasteiger charge is 2.35. The van der Waals surface area contributed by atoms with Crippen molar-refractivity contribution in [3.63, 3.8) is 0 Å². The van der Waals surface area contributed by atoms with Gasteiger partial charge in [-0.05, 0) is 37.8 Å². The molecule has 1 saturated carbocycles. The van der Waals surface area contributed by atoms with Crippen LogP contribution in [0, 0.1) is 11.7 Å². The van der Waals surface area contributed by atoms with Crippen LogP contribution < -0.4 is 15.4 Å². The number of carbonyl (C=O) groups is 2. The van der Waals surface area contributed by atoms with Gasteiger partial charge in [0.2, 0.25) is 5.91 Å². The van der Waals surface area contributed by atoms with Gasteiger partial charge in [-0.1, -0.05) is 0 Å². The van der Waals surface area contributed by atoms with Crippen molar-refractivity contribution in [1.82, 2.24) is 10.2 Å². The fraction of sp³-hybridized carbons (Fsp3) is 0.529. The van der Waals surface area contributed by atoms with E-state index in [0.29, 0.717) is 18.8 Å². The Hall–Kier alpha value is -2.31. The normalized spacial score (nSPS) is 18.2. The van der Waals surface area contributed by atoms with E-state index in [0.717, 1.165) is 25.7 Å². The maximum absolute atomic E-state index is 13.6. The highest BCUT2D eigenvalue weighted by molar-refractivity contribution is 5.89. The number of nitrogens with zero attached hydrogens (tertiary/aromatic N) is 1. The van der Waals surface area contributed by atoms with Crippen LogP contribution in [-0.2, 0) is 4.79 Å². The summed E-state index contributed by atoms with van der Waals surface area (Å²) < 4.78 is 18.5. The summed E-state index contributed by atoms with van der Waals surface area (Å²) in [6.07, 6.45) is 3.50. The minimum atomic E-state index is -0.526. The average Bonchev–Trinajstić information content (AvgIpc) is 3.40. The van der Waals surface area contributed by atoms with E-state index in [1.54, 1.807) is 6.07 Å². The molecule has 0 radical (unpaired) electrons. The van der Waals surface area contributed by atoms with Crippen molar-refractivity contribution >= 4 is 17.6 Å². The lowest BCUT2D eigenvalue weighted by atomic mass is 10.0. The van der Waals surface area contributed by atoms with Crippen molar-refractivity contribution in [1.29, 1.82) is 0 Å². The summed E-state index contributed by atoms with van der Waals surface area (Å²) in [4.78, 5) is 25.9. The number of anilines is 1. The maximum atomic E-state index is 13.6. The number of halogens is 1. The molecule has 2 aliphatic rings. The lowest BCUT2D eigenvalue weighted by Gasteiger charge is -2.32. The van der Waals surface area contributed by atoms with Crippen LogP contribution >= 0.6 is 0 Å². The van der Waals surface area contributed by atoms with E-state index in [1.807, 2.05) is 4.90 Å². The Morgan fingerprint density at radius 3 is 2.50 bits per heavy atom. The number of urea groups is 1. The molecule has 1 saturated heterocycles. The molecule has 0 bridgehead atoms. The molecule has 1 aliphatic carbocycles. The maximum Gasteiger partial charge on any atom is 0.319 e. The Morgan fingerprint density at radius 1 is 1.21 bits per heavy atom. The first-order valence-electron chi connectivity index (χ1n) is 8.26. The topological polar surface area (TPSA) is 70.7 Å². The smallest absolute Gasteiger partial charge is 0.319 e.